The third-order valence-electron chi connectivity index (χ3n) is 3.88. The molecule has 2 N–H and O–H groups in total. The maximum atomic E-state index is 12.6. The molecule has 0 radical (unpaired) electrons. The van der Waals surface area contributed by atoms with Gasteiger partial charge in [0, 0.05) is 17.5 Å². The summed E-state index contributed by atoms with van der Waals surface area (Å²) in [5.74, 6) is -0.433. The number of aryl methyl sites for hydroxylation is 1. The number of carbonyl (C=O) groups is 2. The molecule has 3 rings (SSSR count). The van der Waals surface area contributed by atoms with Crippen LogP contribution in [0.4, 0.5) is 5.69 Å². The van der Waals surface area contributed by atoms with Gasteiger partial charge in [0.25, 0.3) is 11.8 Å². The third kappa shape index (κ3) is 3.30. The Morgan fingerprint density at radius 3 is 2.56 bits per heavy atom. The molecule has 2 aromatic carbocycles. The number of rotatable bonds is 5. The van der Waals surface area contributed by atoms with Gasteiger partial charge in [-0.25, -0.2) is 0 Å². The molecule has 5 nitrogen and oxygen atoms in total. The zero-order chi connectivity index (χ0) is 17.8. The predicted octanol–water partition coefficient (Wildman–Crippen LogP) is 3.91. The first-order valence-corrected chi connectivity index (χ1v) is 7.89. The van der Waals surface area contributed by atoms with Crippen molar-refractivity contribution in [1.29, 1.82) is 0 Å². The lowest BCUT2D eigenvalue weighted by molar-refractivity contribution is 0.0959. The van der Waals surface area contributed by atoms with Crippen LogP contribution < -0.4 is 10.6 Å². The molecular formula is C20H18N2O3. The molecule has 3 aromatic rings. The van der Waals surface area contributed by atoms with E-state index in [0.717, 1.165) is 10.9 Å². The Morgan fingerprint density at radius 2 is 1.80 bits per heavy atom. The number of hydrogen-bond acceptors (Lipinski definition) is 3. The summed E-state index contributed by atoms with van der Waals surface area (Å²) >= 11 is 0. The van der Waals surface area contributed by atoms with Crippen molar-refractivity contribution in [1.82, 2.24) is 5.32 Å². The topological polar surface area (TPSA) is 71.3 Å². The van der Waals surface area contributed by atoms with Crippen molar-refractivity contribution in [3.63, 3.8) is 0 Å². The summed E-state index contributed by atoms with van der Waals surface area (Å²) in [5.41, 5.74) is 2.23. The molecule has 25 heavy (non-hydrogen) atoms. The van der Waals surface area contributed by atoms with Crippen LogP contribution in [0.5, 0.6) is 0 Å². The molecular weight excluding hydrogens is 316 g/mol. The summed E-state index contributed by atoms with van der Waals surface area (Å²) in [7, 11) is 0. The Bertz CT molecular complexity index is 956. The van der Waals surface area contributed by atoms with Crippen molar-refractivity contribution < 1.29 is 14.0 Å². The number of anilines is 1. The highest BCUT2D eigenvalue weighted by molar-refractivity contribution is 6.10. The third-order valence-corrected chi connectivity index (χ3v) is 3.88. The summed E-state index contributed by atoms with van der Waals surface area (Å²) in [6.07, 6.45) is 1.59. The number of benzene rings is 2. The number of para-hydroxylation sites is 2. The van der Waals surface area contributed by atoms with Gasteiger partial charge in [-0.1, -0.05) is 36.4 Å². The Morgan fingerprint density at radius 1 is 1.08 bits per heavy atom. The molecule has 126 valence electrons. The first kappa shape index (κ1) is 16.5. The van der Waals surface area contributed by atoms with Gasteiger partial charge < -0.3 is 15.1 Å². The number of amides is 2. The van der Waals surface area contributed by atoms with Gasteiger partial charge in [-0.3, -0.25) is 9.59 Å². The monoisotopic (exact) mass is 334 g/mol. The van der Waals surface area contributed by atoms with Crippen LogP contribution in [-0.2, 0) is 0 Å². The molecule has 0 aliphatic carbocycles. The quantitative estimate of drug-likeness (QED) is 0.695. The Balaban J connectivity index is 1.89. The highest BCUT2D eigenvalue weighted by Gasteiger charge is 2.19. The van der Waals surface area contributed by atoms with E-state index in [2.05, 4.69) is 17.2 Å². The molecule has 1 aromatic heterocycles. The van der Waals surface area contributed by atoms with E-state index in [1.807, 2.05) is 31.2 Å². The van der Waals surface area contributed by atoms with E-state index in [9.17, 15) is 9.59 Å². The number of furan rings is 1. The second kappa shape index (κ2) is 7.05. The largest absolute Gasteiger partial charge is 0.451 e. The van der Waals surface area contributed by atoms with Gasteiger partial charge in [-0.05, 0) is 25.1 Å². The van der Waals surface area contributed by atoms with E-state index in [-0.39, 0.29) is 11.7 Å². The summed E-state index contributed by atoms with van der Waals surface area (Å²) in [6, 6.07) is 14.3. The van der Waals surface area contributed by atoms with Crippen LogP contribution in [0.15, 0.2) is 65.6 Å². The van der Waals surface area contributed by atoms with E-state index < -0.39 is 5.91 Å². The zero-order valence-electron chi connectivity index (χ0n) is 13.8. The highest BCUT2D eigenvalue weighted by Crippen LogP contribution is 2.26. The number of nitrogens with one attached hydrogen (secondary N) is 2. The second-order valence-electron chi connectivity index (χ2n) is 5.55. The number of hydrogen-bond donors (Lipinski definition) is 2. The van der Waals surface area contributed by atoms with E-state index in [1.54, 1.807) is 30.3 Å². The normalized spacial score (nSPS) is 10.4. The SMILES string of the molecule is C=CCNC(=O)c1ccccc1NC(=O)c1oc2ccccc2c1C. The summed E-state index contributed by atoms with van der Waals surface area (Å²) in [4.78, 5) is 24.9. The van der Waals surface area contributed by atoms with Crippen LogP contribution in [0.3, 0.4) is 0 Å². The average molecular weight is 334 g/mol. The maximum Gasteiger partial charge on any atom is 0.291 e. The molecule has 0 atom stereocenters. The van der Waals surface area contributed by atoms with Gasteiger partial charge in [-0.2, -0.15) is 0 Å². The zero-order valence-corrected chi connectivity index (χ0v) is 13.8. The fourth-order valence-electron chi connectivity index (χ4n) is 2.62. The van der Waals surface area contributed by atoms with Crippen LogP contribution in [0, 0.1) is 6.92 Å². The van der Waals surface area contributed by atoms with Crippen molar-refractivity contribution in [3.05, 3.63) is 78.1 Å². The molecule has 0 aliphatic rings. The van der Waals surface area contributed by atoms with E-state index >= 15 is 0 Å². The van der Waals surface area contributed by atoms with Gasteiger partial charge >= 0.3 is 0 Å². The standard InChI is InChI=1S/C20H18N2O3/c1-3-12-21-19(23)15-9-4-6-10-16(15)22-20(24)18-13(2)14-8-5-7-11-17(14)25-18/h3-11H,1,12H2,2H3,(H,21,23)(H,22,24). The lowest BCUT2D eigenvalue weighted by Gasteiger charge is -2.10. The predicted molar refractivity (Wildman–Crippen MR) is 97.9 cm³/mol. The fraction of sp³-hybridized carbons (Fsp3) is 0.100. The minimum Gasteiger partial charge on any atom is -0.451 e. The molecule has 1 heterocycles. The Kier molecular flexibility index (Phi) is 4.66. The van der Waals surface area contributed by atoms with E-state index in [1.165, 1.54) is 0 Å². The van der Waals surface area contributed by atoms with Crippen LogP contribution in [0.2, 0.25) is 0 Å². The van der Waals surface area contributed by atoms with Gasteiger partial charge in [0.05, 0.1) is 11.3 Å². The van der Waals surface area contributed by atoms with Gasteiger partial charge in [0.2, 0.25) is 0 Å². The molecule has 0 bridgehead atoms. The van der Waals surface area contributed by atoms with Crippen molar-refractivity contribution in [2.75, 3.05) is 11.9 Å². The van der Waals surface area contributed by atoms with Crippen molar-refractivity contribution in [3.8, 4) is 0 Å². The smallest absolute Gasteiger partial charge is 0.291 e. The van der Waals surface area contributed by atoms with Gasteiger partial charge in [0.1, 0.15) is 5.58 Å². The molecule has 5 heteroatoms. The lowest BCUT2D eigenvalue weighted by atomic mass is 10.1. The number of fused-ring (bicyclic) bond motifs is 1. The Hall–Kier alpha value is -3.34. The molecule has 2 amide bonds. The minimum atomic E-state index is -0.391. The molecule has 0 saturated heterocycles. The lowest BCUT2D eigenvalue weighted by Crippen LogP contribution is -2.25. The highest BCUT2D eigenvalue weighted by atomic mass is 16.3. The van der Waals surface area contributed by atoms with Crippen molar-refractivity contribution in [2.24, 2.45) is 0 Å². The van der Waals surface area contributed by atoms with Crippen LogP contribution >= 0.6 is 0 Å². The first-order valence-electron chi connectivity index (χ1n) is 7.89. The summed E-state index contributed by atoms with van der Waals surface area (Å²) < 4.78 is 5.67. The van der Waals surface area contributed by atoms with Crippen LogP contribution in [-0.4, -0.2) is 18.4 Å². The van der Waals surface area contributed by atoms with Crippen molar-refractivity contribution in [2.45, 2.75) is 6.92 Å². The summed E-state index contributed by atoms with van der Waals surface area (Å²) in [6.45, 7) is 5.76. The van der Waals surface area contributed by atoms with E-state index in [0.29, 0.717) is 23.4 Å². The molecule has 0 aliphatic heterocycles. The fourth-order valence-corrected chi connectivity index (χ4v) is 2.62. The molecule has 0 saturated carbocycles. The maximum absolute atomic E-state index is 12.6. The molecule has 0 fully saturated rings. The van der Waals surface area contributed by atoms with Crippen LogP contribution in [0.25, 0.3) is 11.0 Å². The van der Waals surface area contributed by atoms with Gasteiger partial charge in [0.15, 0.2) is 5.76 Å². The Labute approximate surface area is 145 Å². The van der Waals surface area contributed by atoms with Gasteiger partial charge in [-0.15, -0.1) is 6.58 Å². The van der Waals surface area contributed by atoms with E-state index in [4.69, 9.17) is 4.42 Å². The molecule has 0 unspecified atom stereocenters. The second-order valence-corrected chi connectivity index (χ2v) is 5.55. The first-order chi connectivity index (χ1) is 12.1. The average Bonchev–Trinajstić information content (AvgIpc) is 2.97. The minimum absolute atomic E-state index is 0.238. The number of carbonyl (C=O) groups excluding carboxylic acids is 2. The molecule has 0 spiro atoms. The summed E-state index contributed by atoms with van der Waals surface area (Å²) in [5, 5.41) is 6.36. The van der Waals surface area contributed by atoms with Crippen molar-refractivity contribution >= 4 is 28.5 Å². The van der Waals surface area contributed by atoms with Crippen LogP contribution in [0.1, 0.15) is 26.5 Å².